The minimum Gasteiger partial charge on any atom is -0.303 e. The molecule has 1 aliphatic rings. The highest BCUT2D eigenvalue weighted by molar-refractivity contribution is 7.15. The molecule has 2 aromatic heterocycles. The maximum atomic E-state index is 13.7. The Morgan fingerprint density at radius 1 is 0.857 bits per heavy atom. The molecule has 35 heavy (non-hydrogen) atoms. The van der Waals surface area contributed by atoms with Gasteiger partial charge in [-0.25, -0.2) is 0 Å². The number of carbonyl (C=O) groups is 1. The number of nitrogens with zero attached hydrogens (tertiary/aromatic N) is 4. The van der Waals surface area contributed by atoms with Crippen LogP contribution in [-0.4, -0.2) is 20.5 Å². The molecule has 0 saturated carbocycles. The van der Waals surface area contributed by atoms with Crippen LogP contribution in [0.3, 0.4) is 0 Å². The van der Waals surface area contributed by atoms with Crippen LogP contribution >= 0.6 is 11.3 Å². The minimum atomic E-state index is -0.520. The number of hydrogen-bond donors (Lipinski definition) is 0. The number of benzene rings is 3. The first-order chi connectivity index (χ1) is 17.0. The van der Waals surface area contributed by atoms with Crippen LogP contribution in [0.1, 0.15) is 16.7 Å². The van der Waals surface area contributed by atoms with Gasteiger partial charge in [0.25, 0.3) is 11.5 Å². The minimum absolute atomic E-state index is 0.0914. The van der Waals surface area contributed by atoms with Gasteiger partial charge in [0.15, 0.2) is 5.69 Å². The van der Waals surface area contributed by atoms with E-state index in [1.807, 2.05) is 61.5 Å². The molecule has 1 aliphatic heterocycles. The number of amides is 1. The van der Waals surface area contributed by atoms with Crippen molar-refractivity contribution in [1.29, 1.82) is 0 Å². The molecule has 1 amide bonds. The van der Waals surface area contributed by atoms with Gasteiger partial charge in [-0.3, -0.25) is 14.4 Å². The Kier molecular flexibility index (Phi) is 4.89. The summed E-state index contributed by atoms with van der Waals surface area (Å²) in [6.45, 7) is 2.39. The first-order valence-corrected chi connectivity index (χ1v) is 11.8. The second kappa shape index (κ2) is 8.11. The zero-order chi connectivity index (χ0) is 24.1. The molecule has 6 rings (SSSR count). The molecule has 0 radical (unpaired) electrons. The Morgan fingerprint density at radius 2 is 1.57 bits per heavy atom. The predicted molar refractivity (Wildman–Crippen MR) is 135 cm³/mol. The number of thiazole rings is 1. The molecule has 0 atom stereocenters. The number of fused-ring (bicyclic) bond motifs is 2. The average molecular weight is 479 g/mol. The summed E-state index contributed by atoms with van der Waals surface area (Å²) in [7, 11) is 0. The van der Waals surface area contributed by atoms with E-state index in [0.717, 1.165) is 32.7 Å². The fourth-order valence-corrected chi connectivity index (χ4v) is 5.26. The maximum absolute atomic E-state index is 13.7. The monoisotopic (exact) mass is 478 g/mol. The Morgan fingerprint density at radius 3 is 2.34 bits per heavy atom. The second-order valence-electron chi connectivity index (χ2n) is 8.33. The van der Waals surface area contributed by atoms with Crippen molar-refractivity contribution in [2.75, 3.05) is 4.90 Å². The molecule has 0 saturated heterocycles. The molecule has 5 aromatic rings. The van der Waals surface area contributed by atoms with Gasteiger partial charge in [-0.2, -0.15) is 14.6 Å². The highest BCUT2D eigenvalue weighted by Gasteiger charge is 2.34. The Balaban J connectivity index is 1.55. The van der Waals surface area contributed by atoms with E-state index >= 15 is 0 Å². The van der Waals surface area contributed by atoms with Crippen molar-refractivity contribution in [3.05, 3.63) is 121 Å². The molecule has 0 unspecified atom stereocenters. The van der Waals surface area contributed by atoms with Crippen LogP contribution in [0.25, 0.3) is 21.8 Å². The lowest BCUT2D eigenvalue weighted by atomic mass is 10.1. The number of rotatable bonds is 3. The average Bonchev–Trinajstić information content (AvgIpc) is 3.33. The fourth-order valence-electron chi connectivity index (χ4n) is 4.27. The molecule has 0 N–H and O–H groups in total. The van der Waals surface area contributed by atoms with Crippen molar-refractivity contribution in [3.8, 4) is 11.3 Å². The van der Waals surface area contributed by atoms with Gasteiger partial charge in [0, 0.05) is 11.1 Å². The van der Waals surface area contributed by atoms with Gasteiger partial charge < -0.3 is 4.90 Å². The van der Waals surface area contributed by atoms with Crippen molar-refractivity contribution in [1.82, 2.24) is 14.6 Å². The van der Waals surface area contributed by atoms with Crippen molar-refractivity contribution in [2.45, 2.75) is 13.5 Å². The van der Waals surface area contributed by atoms with E-state index in [4.69, 9.17) is 0 Å². The summed E-state index contributed by atoms with van der Waals surface area (Å²) < 4.78 is 1.34. The number of anilines is 1. The lowest BCUT2D eigenvalue weighted by Gasteiger charge is -2.17. The number of para-hydroxylation sites is 1. The Bertz CT molecular complexity index is 1790. The summed E-state index contributed by atoms with van der Waals surface area (Å²) in [5.74, 6) is -0.262. The third-order valence-electron chi connectivity index (χ3n) is 6.02. The van der Waals surface area contributed by atoms with Crippen molar-refractivity contribution in [3.63, 3.8) is 0 Å². The maximum Gasteiger partial charge on any atom is 0.300 e. The van der Waals surface area contributed by atoms with Crippen LogP contribution in [0.5, 0.6) is 0 Å². The normalized spacial score (nSPS) is 14.5. The zero-order valence-electron chi connectivity index (χ0n) is 18.6. The summed E-state index contributed by atoms with van der Waals surface area (Å²) in [6.07, 6.45) is 0. The molecule has 0 fully saturated rings. The van der Waals surface area contributed by atoms with Gasteiger partial charge in [-0.15, -0.1) is 0 Å². The molecule has 7 nitrogen and oxygen atoms in total. The molecule has 0 spiro atoms. The largest absolute Gasteiger partial charge is 0.303 e. The van der Waals surface area contributed by atoms with Gasteiger partial charge in [0.2, 0.25) is 4.96 Å². The molecular weight excluding hydrogens is 460 g/mol. The van der Waals surface area contributed by atoms with Crippen molar-refractivity contribution < 1.29 is 4.79 Å². The van der Waals surface area contributed by atoms with Gasteiger partial charge in [-0.1, -0.05) is 89.7 Å². The molecule has 0 aliphatic carbocycles. The molecule has 0 bridgehead atoms. The Labute approximate surface area is 203 Å². The predicted octanol–water partition coefficient (Wildman–Crippen LogP) is 2.95. The molecule has 3 heterocycles. The Hall–Kier alpha value is -4.43. The lowest BCUT2D eigenvalue weighted by molar-refractivity contribution is -0.113. The van der Waals surface area contributed by atoms with Gasteiger partial charge >= 0.3 is 5.56 Å². The standard InChI is InChI=1S/C27H18N4O3S/c1-16-11-13-17(14-12-16)15-30-20-10-6-5-9-19(20)21(25(30)33)23-26(34)31-27(35-23)28-24(32)22(29-31)18-7-3-2-4-8-18/h2-14H,15H2,1H3/b23-21-. The van der Waals surface area contributed by atoms with E-state index in [1.165, 1.54) is 0 Å². The highest BCUT2D eigenvalue weighted by atomic mass is 32.1. The summed E-state index contributed by atoms with van der Waals surface area (Å²) in [5, 5.41) is 4.31. The van der Waals surface area contributed by atoms with E-state index in [1.54, 1.807) is 29.2 Å². The summed E-state index contributed by atoms with van der Waals surface area (Å²) in [4.78, 5) is 45.7. The van der Waals surface area contributed by atoms with Crippen LogP contribution in [0.15, 0.2) is 88.5 Å². The SMILES string of the molecule is Cc1ccc(CN2C(=O)/C(=c3\sc4nc(=O)c(-c5ccccc5)nn4c3=O)c3ccccc32)cc1. The van der Waals surface area contributed by atoms with E-state index in [2.05, 4.69) is 10.1 Å². The van der Waals surface area contributed by atoms with Gasteiger partial charge in [0.1, 0.15) is 4.53 Å². The first-order valence-electron chi connectivity index (χ1n) is 11.0. The molecule has 8 heteroatoms. The smallest absolute Gasteiger partial charge is 0.300 e. The van der Waals surface area contributed by atoms with E-state index in [9.17, 15) is 14.4 Å². The van der Waals surface area contributed by atoms with Crippen LogP contribution in [0, 0.1) is 6.92 Å². The first kappa shape index (κ1) is 21.1. The van der Waals surface area contributed by atoms with E-state index < -0.39 is 11.1 Å². The molecule has 3 aromatic carbocycles. The zero-order valence-corrected chi connectivity index (χ0v) is 19.5. The fraction of sp³-hybridized carbons (Fsp3) is 0.0741. The summed E-state index contributed by atoms with van der Waals surface area (Å²) in [5.41, 5.74) is 3.53. The molecule has 170 valence electrons. The third-order valence-corrected chi connectivity index (χ3v) is 7.05. The van der Waals surface area contributed by atoms with Crippen LogP contribution in [0.4, 0.5) is 5.69 Å². The van der Waals surface area contributed by atoms with Crippen LogP contribution in [-0.2, 0) is 11.3 Å². The number of hydrogen-bond acceptors (Lipinski definition) is 6. The number of carbonyl (C=O) groups excluding carboxylic acids is 1. The third kappa shape index (κ3) is 3.46. The second-order valence-corrected chi connectivity index (χ2v) is 9.31. The van der Waals surface area contributed by atoms with Crippen LogP contribution < -0.4 is 20.6 Å². The lowest BCUT2D eigenvalue weighted by Crippen LogP contribution is -2.32. The quantitative estimate of drug-likeness (QED) is 0.398. The van der Waals surface area contributed by atoms with Gasteiger partial charge in [-0.05, 0) is 18.6 Å². The van der Waals surface area contributed by atoms with Gasteiger partial charge in [0.05, 0.1) is 17.8 Å². The highest BCUT2D eigenvalue weighted by Crippen LogP contribution is 2.36. The number of aryl methyl sites for hydroxylation is 1. The summed E-state index contributed by atoms with van der Waals surface area (Å²) >= 11 is 1.01. The van der Waals surface area contributed by atoms with E-state index in [-0.39, 0.29) is 21.1 Å². The molecular formula is C27H18N4O3S. The van der Waals surface area contributed by atoms with Crippen molar-refractivity contribution in [2.24, 2.45) is 0 Å². The van der Waals surface area contributed by atoms with Crippen molar-refractivity contribution >= 4 is 33.5 Å². The summed E-state index contributed by atoms with van der Waals surface area (Å²) in [6, 6.07) is 24.3. The topological polar surface area (TPSA) is 84.6 Å². The van der Waals surface area contributed by atoms with Crippen LogP contribution in [0.2, 0.25) is 0 Å². The van der Waals surface area contributed by atoms with E-state index in [0.29, 0.717) is 23.2 Å². The number of aromatic nitrogens is 3.